The third kappa shape index (κ3) is 3.14. The molecule has 3 heteroatoms. The van der Waals surface area contributed by atoms with Gasteiger partial charge in [0.05, 0.1) is 7.11 Å². The second-order valence-corrected chi connectivity index (χ2v) is 6.36. The fourth-order valence-electron chi connectivity index (χ4n) is 2.76. The van der Waals surface area contributed by atoms with Gasteiger partial charge in [-0.15, -0.1) is 0 Å². The van der Waals surface area contributed by atoms with Crippen molar-refractivity contribution in [2.24, 2.45) is 0 Å². The second kappa shape index (κ2) is 6.20. The minimum Gasteiger partial charge on any atom is -0.496 e. The maximum absolute atomic E-state index is 10.8. The minimum atomic E-state index is -0.689. The van der Waals surface area contributed by atoms with Gasteiger partial charge in [0, 0.05) is 10.0 Å². The third-order valence-corrected chi connectivity index (χ3v) is 5.01. The van der Waals surface area contributed by atoms with Crippen LogP contribution < -0.4 is 4.74 Å². The van der Waals surface area contributed by atoms with E-state index in [-0.39, 0.29) is 0 Å². The predicted octanol–water partition coefficient (Wildman–Crippen LogP) is 4.77. The molecule has 0 aliphatic rings. The van der Waals surface area contributed by atoms with Crippen LogP contribution in [-0.2, 0) is 0 Å². The van der Waals surface area contributed by atoms with E-state index >= 15 is 0 Å². The maximum Gasteiger partial charge on any atom is 0.125 e. The smallest absolute Gasteiger partial charge is 0.125 e. The van der Waals surface area contributed by atoms with Crippen LogP contribution in [0.1, 0.15) is 39.5 Å². The van der Waals surface area contributed by atoms with E-state index in [0.717, 1.165) is 43.6 Å². The van der Waals surface area contributed by atoms with Crippen LogP contribution in [0.5, 0.6) is 5.75 Å². The lowest BCUT2D eigenvalue weighted by Crippen LogP contribution is -2.06. The molecule has 0 amide bonds. The van der Waals surface area contributed by atoms with Crippen molar-refractivity contribution in [2.75, 3.05) is 7.11 Å². The highest BCUT2D eigenvalue weighted by molar-refractivity contribution is 9.10. The van der Waals surface area contributed by atoms with Crippen molar-refractivity contribution in [1.82, 2.24) is 0 Å². The van der Waals surface area contributed by atoms with E-state index in [0.29, 0.717) is 0 Å². The van der Waals surface area contributed by atoms with Gasteiger partial charge in [0.15, 0.2) is 0 Å². The number of methoxy groups -OCH3 is 1. The Labute approximate surface area is 134 Å². The van der Waals surface area contributed by atoms with Crippen LogP contribution in [0.2, 0.25) is 0 Å². The molecular weight excluding hydrogens is 328 g/mol. The Morgan fingerprint density at radius 3 is 2.05 bits per heavy atom. The normalized spacial score (nSPS) is 12.3. The summed E-state index contributed by atoms with van der Waals surface area (Å²) in [4.78, 5) is 0. The molecule has 0 aromatic heterocycles. The number of aliphatic hydroxyl groups excluding tert-OH is 1. The van der Waals surface area contributed by atoms with Crippen LogP contribution in [-0.4, -0.2) is 12.2 Å². The molecule has 1 N–H and O–H groups in total. The van der Waals surface area contributed by atoms with Crippen molar-refractivity contribution < 1.29 is 9.84 Å². The molecule has 0 saturated carbocycles. The van der Waals surface area contributed by atoms with Crippen LogP contribution in [0.25, 0.3) is 0 Å². The molecule has 2 aromatic carbocycles. The fraction of sp³-hybridized carbons (Fsp3) is 0.333. The number of aliphatic hydroxyl groups is 1. The monoisotopic (exact) mass is 348 g/mol. The summed E-state index contributed by atoms with van der Waals surface area (Å²) in [7, 11) is 1.64. The van der Waals surface area contributed by atoms with E-state index in [1.807, 2.05) is 45.9 Å². The van der Waals surface area contributed by atoms with E-state index in [1.165, 1.54) is 0 Å². The highest BCUT2D eigenvalue weighted by Gasteiger charge is 2.19. The van der Waals surface area contributed by atoms with E-state index in [1.54, 1.807) is 7.11 Å². The summed E-state index contributed by atoms with van der Waals surface area (Å²) in [6.07, 6.45) is -0.689. The quantitative estimate of drug-likeness (QED) is 0.865. The van der Waals surface area contributed by atoms with Gasteiger partial charge in [-0.2, -0.15) is 0 Å². The Morgan fingerprint density at radius 2 is 1.52 bits per heavy atom. The summed E-state index contributed by atoms with van der Waals surface area (Å²) < 4.78 is 6.55. The molecule has 0 aliphatic carbocycles. The average molecular weight is 349 g/mol. The number of ether oxygens (including phenoxy) is 1. The van der Waals surface area contributed by atoms with Crippen molar-refractivity contribution >= 4 is 15.9 Å². The average Bonchev–Trinajstić information content (AvgIpc) is 2.42. The number of hydrogen-bond acceptors (Lipinski definition) is 2. The summed E-state index contributed by atoms with van der Waals surface area (Å²) in [6, 6.07) is 8.06. The summed E-state index contributed by atoms with van der Waals surface area (Å²) in [5.41, 5.74) is 6.13. The van der Waals surface area contributed by atoms with Gasteiger partial charge in [-0.25, -0.2) is 0 Å². The first kappa shape index (κ1) is 16.1. The largest absolute Gasteiger partial charge is 0.496 e. The first-order valence-electron chi connectivity index (χ1n) is 6.95. The highest BCUT2D eigenvalue weighted by Crippen LogP contribution is 2.35. The molecule has 1 atom stereocenters. The molecule has 0 spiro atoms. The van der Waals surface area contributed by atoms with Crippen LogP contribution >= 0.6 is 15.9 Å². The summed E-state index contributed by atoms with van der Waals surface area (Å²) >= 11 is 3.56. The summed E-state index contributed by atoms with van der Waals surface area (Å²) in [6.45, 7) is 8.10. The van der Waals surface area contributed by atoms with Crippen molar-refractivity contribution in [3.8, 4) is 5.75 Å². The van der Waals surface area contributed by atoms with E-state index in [9.17, 15) is 5.11 Å². The molecule has 1 unspecified atom stereocenters. The fourth-order valence-corrected chi connectivity index (χ4v) is 2.99. The Hall–Kier alpha value is -1.32. The molecule has 0 radical (unpaired) electrons. The Morgan fingerprint density at radius 1 is 0.952 bits per heavy atom. The molecule has 21 heavy (non-hydrogen) atoms. The van der Waals surface area contributed by atoms with Gasteiger partial charge in [-0.3, -0.25) is 0 Å². The van der Waals surface area contributed by atoms with Gasteiger partial charge in [0.2, 0.25) is 0 Å². The Bertz CT molecular complexity index is 654. The van der Waals surface area contributed by atoms with E-state index in [2.05, 4.69) is 22.0 Å². The van der Waals surface area contributed by atoms with Gasteiger partial charge in [-0.1, -0.05) is 34.1 Å². The third-order valence-electron chi connectivity index (χ3n) is 3.76. The first-order chi connectivity index (χ1) is 9.85. The lowest BCUT2D eigenvalue weighted by atomic mass is 9.93. The van der Waals surface area contributed by atoms with Gasteiger partial charge < -0.3 is 9.84 Å². The van der Waals surface area contributed by atoms with Gasteiger partial charge in [0.1, 0.15) is 11.9 Å². The van der Waals surface area contributed by atoms with Gasteiger partial charge in [0.25, 0.3) is 0 Å². The summed E-state index contributed by atoms with van der Waals surface area (Å²) in [5, 5.41) is 10.8. The maximum atomic E-state index is 10.8. The number of hydrogen-bond donors (Lipinski definition) is 1. The van der Waals surface area contributed by atoms with Crippen LogP contribution in [0.15, 0.2) is 28.7 Å². The molecule has 0 bridgehead atoms. The van der Waals surface area contributed by atoms with E-state index < -0.39 is 6.10 Å². The Balaban J connectivity index is 2.57. The molecule has 2 rings (SSSR count). The molecule has 2 nitrogen and oxygen atoms in total. The predicted molar refractivity (Wildman–Crippen MR) is 90.1 cm³/mol. The van der Waals surface area contributed by atoms with Crippen molar-refractivity contribution in [1.29, 1.82) is 0 Å². The van der Waals surface area contributed by atoms with Crippen LogP contribution in [0.3, 0.4) is 0 Å². The van der Waals surface area contributed by atoms with Gasteiger partial charge >= 0.3 is 0 Å². The lowest BCUT2D eigenvalue weighted by Gasteiger charge is -2.20. The van der Waals surface area contributed by atoms with Crippen molar-refractivity contribution in [3.05, 3.63) is 62.1 Å². The second-order valence-electron chi connectivity index (χ2n) is 5.57. The lowest BCUT2D eigenvalue weighted by molar-refractivity contribution is 0.213. The molecule has 0 aliphatic heterocycles. The van der Waals surface area contributed by atoms with Crippen molar-refractivity contribution in [2.45, 2.75) is 33.8 Å². The minimum absolute atomic E-state index is 0.689. The standard InChI is InChI=1S/C18H21BrO2/c1-10-6-11(2)16(15(7-10)21-5)18(20)14-8-12(3)17(19)13(4)9-14/h6-9,18,20H,1-5H3. The number of benzene rings is 2. The molecule has 0 fully saturated rings. The number of halogens is 1. The SMILES string of the molecule is COc1cc(C)cc(C)c1C(O)c1cc(C)c(Br)c(C)c1. The van der Waals surface area contributed by atoms with Crippen LogP contribution in [0.4, 0.5) is 0 Å². The topological polar surface area (TPSA) is 29.5 Å². The zero-order valence-electron chi connectivity index (χ0n) is 13.1. The van der Waals surface area contributed by atoms with Crippen LogP contribution in [0, 0.1) is 27.7 Å². The Kier molecular flexibility index (Phi) is 4.74. The molecule has 112 valence electrons. The van der Waals surface area contributed by atoms with Gasteiger partial charge in [-0.05, 0) is 61.6 Å². The number of aryl methyl sites for hydroxylation is 4. The zero-order chi connectivity index (χ0) is 15.7. The highest BCUT2D eigenvalue weighted by atomic mass is 79.9. The first-order valence-corrected chi connectivity index (χ1v) is 7.74. The summed E-state index contributed by atoms with van der Waals surface area (Å²) in [5.74, 6) is 0.734. The zero-order valence-corrected chi connectivity index (χ0v) is 14.7. The van der Waals surface area contributed by atoms with Crippen molar-refractivity contribution in [3.63, 3.8) is 0 Å². The molecule has 2 aromatic rings. The molecule has 0 heterocycles. The number of rotatable bonds is 3. The molecule has 0 saturated heterocycles. The molecular formula is C18H21BrO2. The van der Waals surface area contributed by atoms with E-state index in [4.69, 9.17) is 4.74 Å².